The Morgan fingerprint density at radius 1 is 1.04 bits per heavy atom. The normalized spacial score (nSPS) is 10.9. The van der Waals surface area contributed by atoms with E-state index in [1.165, 1.54) is 5.56 Å². The van der Waals surface area contributed by atoms with Gasteiger partial charge in [-0.3, -0.25) is 9.89 Å². The van der Waals surface area contributed by atoms with E-state index in [9.17, 15) is 4.79 Å². The Labute approximate surface area is 136 Å². The smallest absolute Gasteiger partial charge is 0.275 e. The van der Waals surface area contributed by atoms with E-state index in [-0.39, 0.29) is 5.56 Å². The summed E-state index contributed by atoms with van der Waals surface area (Å²) in [5.41, 5.74) is 6.10. The molecular formula is C20H22N2O. The van der Waals surface area contributed by atoms with Crippen molar-refractivity contribution >= 4 is 0 Å². The standard InChI is InChI=1S/C20H22N2O/c1-4-8-17-19(16-11-7-9-14(2)13-16)21-22(20(17)23)18-12-6-5-10-15(18)3/h5-7,9-13,21H,4,8H2,1-3H3. The highest BCUT2D eigenvalue weighted by atomic mass is 16.1. The predicted molar refractivity (Wildman–Crippen MR) is 95.3 cm³/mol. The summed E-state index contributed by atoms with van der Waals surface area (Å²) in [4.78, 5) is 12.9. The van der Waals surface area contributed by atoms with Crippen LogP contribution in [-0.4, -0.2) is 9.78 Å². The minimum atomic E-state index is 0.0534. The summed E-state index contributed by atoms with van der Waals surface area (Å²) in [5.74, 6) is 0. The molecule has 0 saturated carbocycles. The number of aryl methyl sites for hydroxylation is 2. The van der Waals surface area contributed by atoms with Crippen LogP contribution in [0.3, 0.4) is 0 Å². The second kappa shape index (κ2) is 6.29. The van der Waals surface area contributed by atoms with Crippen molar-refractivity contribution in [3.8, 4) is 16.9 Å². The van der Waals surface area contributed by atoms with Gasteiger partial charge in [0.15, 0.2) is 0 Å². The number of nitrogens with one attached hydrogen (secondary N) is 1. The maximum absolute atomic E-state index is 12.9. The maximum atomic E-state index is 12.9. The molecule has 3 rings (SSSR count). The zero-order valence-electron chi connectivity index (χ0n) is 13.9. The van der Waals surface area contributed by atoms with Crippen LogP contribution in [0.15, 0.2) is 53.3 Å². The number of H-pyrrole nitrogens is 1. The number of aromatic nitrogens is 2. The van der Waals surface area contributed by atoms with Crippen LogP contribution in [0.1, 0.15) is 30.0 Å². The van der Waals surface area contributed by atoms with Gasteiger partial charge in [0.05, 0.1) is 11.4 Å². The minimum Gasteiger partial charge on any atom is -0.290 e. The summed E-state index contributed by atoms with van der Waals surface area (Å²) in [6.07, 6.45) is 1.72. The van der Waals surface area contributed by atoms with Gasteiger partial charge in [-0.05, 0) is 38.0 Å². The van der Waals surface area contributed by atoms with Gasteiger partial charge < -0.3 is 0 Å². The van der Waals surface area contributed by atoms with E-state index in [1.54, 1.807) is 4.68 Å². The molecule has 2 aromatic carbocycles. The Hall–Kier alpha value is -2.55. The van der Waals surface area contributed by atoms with Gasteiger partial charge in [0.1, 0.15) is 0 Å². The lowest BCUT2D eigenvalue weighted by Crippen LogP contribution is -2.18. The van der Waals surface area contributed by atoms with Gasteiger partial charge in [0, 0.05) is 11.1 Å². The first kappa shape index (κ1) is 15.3. The lowest BCUT2D eigenvalue weighted by molar-refractivity contribution is 0.836. The fourth-order valence-electron chi connectivity index (χ4n) is 2.98. The summed E-state index contributed by atoms with van der Waals surface area (Å²) in [5, 5.41) is 3.34. The van der Waals surface area contributed by atoms with Crippen molar-refractivity contribution < 1.29 is 0 Å². The Balaban J connectivity index is 2.23. The van der Waals surface area contributed by atoms with Crippen LogP contribution >= 0.6 is 0 Å². The van der Waals surface area contributed by atoms with E-state index in [4.69, 9.17) is 0 Å². The van der Waals surface area contributed by atoms with Gasteiger partial charge in [-0.2, -0.15) is 0 Å². The molecule has 3 aromatic rings. The van der Waals surface area contributed by atoms with Crippen LogP contribution in [0.5, 0.6) is 0 Å². The first-order valence-corrected chi connectivity index (χ1v) is 8.08. The molecule has 1 N–H and O–H groups in total. The number of rotatable bonds is 4. The van der Waals surface area contributed by atoms with Crippen molar-refractivity contribution in [1.29, 1.82) is 0 Å². The van der Waals surface area contributed by atoms with Gasteiger partial charge in [-0.25, -0.2) is 4.68 Å². The van der Waals surface area contributed by atoms with Crippen LogP contribution in [0.25, 0.3) is 16.9 Å². The highest BCUT2D eigenvalue weighted by Crippen LogP contribution is 2.23. The van der Waals surface area contributed by atoms with Crippen molar-refractivity contribution in [2.45, 2.75) is 33.6 Å². The van der Waals surface area contributed by atoms with Gasteiger partial charge in [-0.1, -0.05) is 55.3 Å². The number of benzene rings is 2. The second-order valence-corrected chi connectivity index (χ2v) is 6.01. The largest absolute Gasteiger partial charge is 0.290 e. The average molecular weight is 306 g/mol. The SMILES string of the molecule is CCCc1c(-c2cccc(C)c2)[nH]n(-c2ccccc2C)c1=O. The third-order valence-electron chi connectivity index (χ3n) is 4.15. The van der Waals surface area contributed by atoms with Crippen molar-refractivity contribution in [2.75, 3.05) is 0 Å². The summed E-state index contributed by atoms with van der Waals surface area (Å²) >= 11 is 0. The Morgan fingerprint density at radius 3 is 2.52 bits per heavy atom. The molecule has 118 valence electrons. The first-order valence-electron chi connectivity index (χ1n) is 8.08. The van der Waals surface area contributed by atoms with Crippen LogP contribution in [-0.2, 0) is 6.42 Å². The van der Waals surface area contributed by atoms with Gasteiger partial charge in [0.2, 0.25) is 0 Å². The van der Waals surface area contributed by atoms with Crippen molar-refractivity contribution in [2.24, 2.45) is 0 Å². The fraction of sp³-hybridized carbons (Fsp3) is 0.250. The molecule has 0 unspecified atom stereocenters. The molecular weight excluding hydrogens is 284 g/mol. The molecule has 0 bridgehead atoms. The van der Waals surface area contributed by atoms with Crippen molar-refractivity contribution in [3.05, 3.63) is 75.6 Å². The predicted octanol–water partition coefficient (Wildman–Crippen LogP) is 4.40. The van der Waals surface area contributed by atoms with E-state index in [0.29, 0.717) is 0 Å². The van der Waals surface area contributed by atoms with Crippen molar-refractivity contribution in [3.63, 3.8) is 0 Å². The quantitative estimate of drug-likeness (QED) is 0.762. The molecule has 23 heavy (non-hydrogen) atoms. The average Bonchev–Trinajstić information content (AvgIpc) is 2.86. The van der Waals surface area contributed by atoms with Crippen molar-refractivity contribution in [1.82, 2.24) is 9.78 Å². The molecule has 0 fully saturated rings. The molecule has 3 nitrogen and oxygen atoms in total. The third kappa shape index (κ3) is 2.87. The molecule has 0 aliphatic rings. The zero-order chi connectivity index (χ0) is 16.4. The van der Waals surface area contributed by atoms with Gasteiger partial charge in [-0.15, -0.1) is 0 Å². The van der Waals surface area contributed by atoms with E-state index in [1.807, 2.05) is 37.3 Å². The summed E-state index contributed by atoms with van der Waals surface area (Å²) in [6, 6.07) is 16.2. The maximum Gasteiger partial charge on any atom is 0.275 e. The molecule has 0 aliphatic carbocycles. The molecule has 3 heteroatoms. The zero-order valence-corrected chi connectivity index (χ0v) is 13.9. The Kier molecular flexibility index (Phi) is 4.20. The molecule has 0 radical (unpaired) electrons. The summed E-state index contributed by atoms with van der Waals surface area (Å²) in [7, 11) is 0. The summed E-state index contributed by atoms with van der Waals surface area (Å²) < 4.78 is 1.68. The van der Waals surface area contributed by atoms with E-state index in [0.717, 1.165) is 40.9 Å². The number of hydrogen-bond donors (Lipinski definition) is 1. The topological polar surface area (TPSA) is 37.8 Å². The van der Waals surface area contributed by atoms with E-state index in [2.05, 4.69) is 37.1 Å². The van der Waals surface area contributed by atoms with E-state index >= 15 is 0 Å². The van der Waals surface area contributed by atoms with Gasteiger partial charge in [0.25, 0.3) is 5.56 Å². The highest BCUT2D eigenvalue weighted by Gasteiger charge is 2.16. The van der Waals surface area contributed by atoms with Crippen LogP contribution in [0.4, 0.5) is 0 Å². The van der Waals surface area contributed by atoms with Crippen LogP contribution in [0, 0.1) is 13.8 Å². The number of nitrogens with zero attached hydrogens (tertiary/aromatic N) is 1. The number of aromatic amines is 1. The van der Waals surface area contributed by atoms with E-state index < -0.39 is 0 Å². The lowest BCUT2D eigenvalue weighted by Gasteiger charge is -2.06. The second-order valence-electron chi connectivity index (χ2n) is 6.01. The van der Waals surface area contributed by atoms with Crippen LogP contribution in [0.2, 0.25) is 0 Å². The molecule has 1 aromatic heterocycles. The molecule has 1 heterocycles. The Bertz CT molecular complexity index is 887. The Morgan fingerprint density at radius 2 is 1.83 bits per heavy atom. The highest BCUT2D eigenvalue weighted by molar-refractivity contribution is 5.64. The molecule has 0 saturated heterocycles. The fourth-order valence-corrected chi connectivity index (χ4v) is 2.98. The molecule has 0 aliphatic heterocycles. The van der Waals surface area contributed by atoms with Gasteiger partial charge >= 0.3 is 0 Å². The first-order chi connectivity index (χ1) is 11.1. The number of para-hydroxylation sites is 1. The summed E-state index contributed by atoms with van der Waals surface area (Å²) in [6.45, 7) is 6.19. The van der Waals surface area contributed by atoms with Crippen LogP contribution < -0.4 is 5.56 Å². The lowest BCUT2D eigenvalue weighted by atomic mass is 10.0. The monoisotopic (exact) mass is 306 g/mol. The molecule has 0 amide bonds. The minimum absolute atomic E-state index is 0.0534. The molecule has 0 spiro atoms. The molecule has 0 atom stereocenters. The number of hydrogen-bond acceptors (Lipinski definition) is 1. The third-order valence-corrected chi connectivity index (χ3v) is 4.15.